The van der Waals surface area contributed by atoms with Gasteiger partial charge in [-0.25, -0.2) is 0 Å². The highest BCUT2D eigenvalue weighted by molar-refractivity contribution is 5.04. The second-order valence-corrected chi connectivity index (χ2v) is 3.79. The Labute approximate surface area is 86.5 Å². The van der Waals surface area contributed by atoms with E-state index in [0.717, 1.165) is 19.4 Å². The summed E-state index contributed by atoms with van der Waals surface area (Å²) in [5.74, 6) is 0. The normalized spacial score (nSPS) is 13.1. The van der Waals surface area contributed by atoms with Crippen molar-refractivity contribution in [2.45, 2.75) is 39.2 Å². The summed E-state index contributed by atoms with van der Waals surface area (Å²) in [6.07, 6.45) is 7.60. The van der Waals surface area contributed by atoms with Gasteiger partial charge >= 0.3 is 0 Å². The SMILES string of the molecule is CC[C@H](C)n1cc(CCCNC)cn1. The van der Waals surface area contributed by atoms with Gasteiger partial charge in [0.25, 0.3) is 0 Å². The summed E-state index contributed by atoms with van der Waals surface area (Å²) in [4.78, 5) is 0. The van der Waals surface area contributed by atoms with E-state index in [4.69, 9.17) is 0 Å². The van der Waals surface area contributed by atoms with E-state index >= 15 is 0 Å². The van der Waals surface area contributed by atoms with Crippen LogP contribution in [-0.4, -0.2) is 23.4 Å². The first kappa shape index (κ1) is 11.2. The Morgan fingerprint density at radius 2 is 2.36 bits per heavy atom. The molecule has 0 radical (unpaired) electrons. The van der Waals surface area contributed by atoms with Gasteiger partial charge in [-0.05, 0) is 45.3 Å². The van der Waals surface area contributed by atoms with Crippen LogP contribution in [0.1, 0.15) is 38.3 Å². The van der Waals surface area contributed by atoms with Crippen LogP contribution in [0.25, 0.3) is 0 Å². The minimum absolute atomic E-state index is 0.521. The van der Waals surface area contributed by atoms with Gasteiger partial charge in [-0.1, -0.05) is 6.92 Å². The molecule has 0 unspecified atom stereocenters. The molecule has 0 aliphatic rings. The van der Waals surface area contributed by atoms with E-state index in [-0.39, 0.29) is 0 Å². The highest BCUT2D eigenvalue weighted by Gasteiger charge is 2.03. The maximum atomic E-state index is 4.36. The van der Waals surface area contributed by atoms with Crippen molar-refractivity contribution in [2.75, 3.05) is 13.6 Å². The third-order valence-corrected chi connectivity index (χ3v) is 2.59. The lowest BCUT2D eigenvalue weighted by atomic mass is 10.2. The molecule has 1 atom stereocenters. The van der Waals surface area contributed by atoms with E-state index < -0.39 is 0 Å². The van der Waals surface area contributed by atoms with Gasteiger partial charge < -0.3 is 5.32 Å². The highest BCUT2D eigenvalue weighted by atomic mass is 15.3. The van der Waals surface area contributed by atoms with E-state index in [1.807, 2.05) is 13.2 Å². The second-order valence-electron chi connectivity index (χ2n) is 3.79. The number of nitrogens with zero attached hydrogens (tertiary/aromatic N) is 2. The van der Waals surface area contributed by atoms with Crippen LogP contribution in [0, 0.1) is 0 Å². The molecule has 80 valence electrons. The molecule has 0 spiro atoms. The fraction of sp³-hybridized carbons (Fsp3) is 0.727. The van der Waals surface area contributed by atoms with E-state index in [0.29, 0.717) is 6.04 Å². The van der Waals surface area contributed by atoms with Crippen molar-refractivity contribution in [1.82, 2.24) is 15.1 Å². The van der Waals surface area contributed by atoms with Gasteiger partial charge in [0, 0.05) is 12.2 Å². The van der Waals surface area contributed by atoms with Crippen LogP contribution in [0.4, 0.5) is 0 Å². The van der Waals surface area contributed by atoms with Crippen LogP contribution in [0.3, 0.4) is 0 Å². The van der Waals surface area contributed by atoms with Crippen molar-refractivity contribution in [3.63, 3.8) is 0 Å². The Bertz CT molecular complexity index is 255. The number of aryl methyl sites for hydroxylation is 1. The zero-order valence-electron chi connectivity index (χ0n) is 9.45. The predicted molar refractivity (Wildman–Crippen MR) is 59.5 cm³/mol. The molecule has 0 aromatic carbocycles. The molecule has 1 N–H and O–H groups in total. The molecule has 0 saturated heterocycles. The number of rotatable bonds is 6. The molecular weight excluding hydrogens is 174 g/mol. The molecule has 1 heterocycles. The van der Waals surface area contributed by atoms with Crippen LogP contribution in [0.2, 0.25) is 0 Å². The summed E-state index contributed by atoms with van der Waals surface area (Å²) < 4.78 is 2.06. The fourth-order valence-electron chi connectivity index (χ4n) is 1.40. The van der Waals surface area contributed by atoms with Crippen molar-refractivity contribution < 1.29 is 0 Å². The Kier molecular flexibility index (Phi) is 4.66. The van der Waals surface area contributed by atoms with E-state index in [9.17, 15) is 0 Å². The molecule has 1 rings (SSSR count). The Morgan fingerprint density at radius 1 is 1.57 bits per heavy atom. The van der Waals surface area contributed by atoms with Crippen LogP contribution in [0.15, 0.2) is 12.4 Å². The molecule has 1 aromatic rings. The molecule has 3 nitrogen and oxygen atoms in total. The number of hydrogen-bond donors (Lipinski definition) is 1. The van der Waals surface area contributed by atoms with Crippen molar-refractivity contribution >= 4 is 0 Å². The van der Waals surface area contributed by atoms with Crippen LogP contribution in [-0.2, 0) is 6.42 Å². The highest BCUT2D eigenvalue weighted by Crippen LogP contribution is 2.10. The average Bonchev–Trinajstić information content (AvgIpc) is 2.66. The Morgan fingerprint density at radius 3 is 3.00 bits per heavy atom. The molecule has 3 heteroatoms. The summed E-state index contributed by atoms with van der Waals surface area (Å²) in [5.41, 5.74) is 1.35. The maximum Gasteiger partial charge on any atom is 0.0521 e. The summed E-state index contributed by atoms with van der Waals surface area (Å²) >= 11 is 0. The van der Waals surface area contributed by atoms with Gasteiger partial charge in [0.05, 0.1) is 6.20 Å². The summed E-state index contributed by atoms with van der Waals surface area (Å²) in [6.45, 7) is 5.46. The third kappa shape index (κ3) is 3.14. The zero-order chi connectivity index (χ0) is 10.4. The number of aromatic nitrogens is 2. The molecule has 0 fully saturated rings. The average molecular weight is 195 g/mol. The lowest BCUT2D eigenvalue weighted by Crippen LogP contribution is -2.08. The van der Waals surface area contributed by atoms with Gasteiger partial charge in [0.1, 0.15) is 0 Å². The molecule has 0 aliphatic heterocycles. The standard InChI is InChI=1S/C11H21N3/c1-4-10(2)14-9-11(8-13-14)6-5-7-12-3/h8-10,12H,4-7H2,1-3H3/t10-/m0/s1. The molecular formula is C11H21N3. The smallest absolute Gasteiger partial charge is 0.0521 e. The van der Waals surface area contributed by atoms with E-state index in [1.54, 1.807) is 0 Å². The lowest BCUT2D eigenvalue weighted by Gasteiger charge is -2.07. The van der Waals surface area contributed by atoms with Gasteiger partial charge in [-0.3, -0.25) is 4.68 Å². The summed E-state index contributed by atoms with van der Waals surface area (Å²) in [5, 5.41) is 7.51. The van der Waals surface area contributed by atoms with Crippen LogP contribution >= 0.6 is 0 Å². The molecule has 1 aromatic heterocycles. The minimum Gasteiger partial charge on any atom is -0.320 e. The van der Waals surface area contributed by atoms with E-state index in [2.05, 4.69) is 35.1 Å². The monoisotopic (exact) mass is 195 g/mol. The molecule has 0 saturated carbocycles. The largest absolute Gasteiger partial charge is 0.320 e. The minimum atomic E-state index is 0.521. The molecule has 14 heavy (non-hydrogen) atoms. The molecule has 0 bridgehead atoms. The topological polar surface area (TPSA) is 29.9 Å². The van der Waals surface area contributed by atoms with Crippen molar-refractivity contribution in [3.05, 3.63) is 18.0 Å². The number of hydrogen-bond acceptors (Lipinski definition) is 2. The quantitative estimate of drug-likeness (QED) is 0.704. The fourth-order valence-corrected chi connectivity index (χ4v) is 1.40. The van der Waals surface area contributed by atoms with Gasteiger partial charge in [0.15, 0.2) is 0 Å². The Balaban J connectivity index is 2.42. The first-order valence-corrected chi connectivity index (χ1v) is 5.45. The van der Waals surface area contributed by atoms with Gasteiger partial charge in [0.2, 0.25) is 0 Å². The van der Waals surface area contributed by atoms with Crippen molar-refractivity contribution in [2.24, 2.45) is 0 Å². The molecule has 0 aliphatic carbocycles. The predicted octanol–water partition coefficient (Wildman–Crippen LogP) is 2.01. The lowest BCUT2D eigenvalue weighted by molar-refractivity contribution is 0.477. The van der Waals surface area contributed by atoms with Crippen molar-refractivity contribution in [3.8, 4) is 0 Å². The Hall–Kier alpha value is -0.830. The zero-order valence-corrected chi connectivity index (χ0v) is 9.45. The van der Waals surface area contributed by atoms with Crippen LogP contribution in [0.5, 0.6) is 0 Å². The summed E-state index contributed by atoms with van der Waals surface area (Å²) in [6, 6.07) is 0.521. The third-order valence-electron chi connectivity index (χ3n) is 2.59. The van der Waals surface area contributed by atoms with Gasteiger partial charge in [-0.15, -0.1) is 0 Å². The van der Waals surface area contributed by atoms with Gasteiger partial charge in [-0.2, -0.15) is 5.10 Å². The molecule has 0 amide bonds. The number of nitrogens with one attached hydrogen (secondary N) is 1. The maximum absolute atomic E-state index is 4.36. The van der Waals surface area contributed by atoms with Crippen molar-refractivity contribution in [1.29, 1.82) is 0 Å². The second kappa shape index (κ2) is 5.81. The van der Waals surface area contributed by atoms with Crippen LogP contribution < -0.4 is 5.32 Å². The van der Waals surface area contributed by atoms with E-state index in [1.165, 1.54) is 12.0 Å². The first-order chi connectivity index (χ1) is 6.77. The summed E-state index contributed by atoms with van der Waals surface area (Å²) in [7, 11) is 1.99. The first-order valence-electron chi connectivity index (χ1n) is 5.45.